The Morgan fingerprint density at radius 3 is 2.48 bits per heavy atom. The van der Waals surface area contributed by atoms with Crippen molar-refractivity contribution in [1.82, 2.24) is 9.78 Å². The van der Waals surface area contributed by atoms with Crippen LogP contribution in [0, 0.1) is 0 Å². The lowest BCUT2D eigenvalue weighted by atomic mass is 9.95. The highest BCUT2D eigenvalue weighted by Crippen LogP contribution is 2.43. The smallest absolute Gasteiger partial charge is 0.372 e. The van der Waals surface area contributed by atoms with Crippen molar-refractivity contribution in [3.63, 3.8) is 0 Å². The molecule has 2 aromatic rings. The van der Waals surface area contributed by atoms with E-state index in [1.165, 1.54) is 17.7 Å². The minimum absolute atomic E-state index is 0.0441. The summed E-state index contributed by atoms with van der Waals surface area (Å²) in [7, 11) is -7.74. The van der Waals surface area contributed by atoms with Gasteiger partial charge in [0.25, 0.3) is 0 Å². The van der Waals surface area contributed by atoms with Gasteiger partial charge in [-0.05, 0) is 44.9 Å². The monoisotopic (exact) mass is 480 g/mol. The number of hydrogen-bond donors (Lipinski definition) is 0. The highest BCUT2D eigenvalue weighted by atomic mass is 32.2. The lowest BCUT2D eigenvalue weighted by Crippen LogP contribution is -2.42. The van der Waals surface area contributed by atoms with E-state index in [1.54, 1.807) is 6.92 Å². The molecule has 1 saturated heterocycles. The molecule has 2 heterocycles. The molecule has 12 heteroatoms. The van der Waals surface area contributed by atoms with Crippen LogP contribution in [0.3, 0.4) is 0 Å². The molecule has 2 unspecified atom stereocenters. The number of aromatic nitrogens is 2. The van der Waals surface area contributed by atoms with Gasteiger partial charge in [0.05, 0.1) is 20.9 Å². The predicted octanol–water partition coefficient (Wildman–Crippen LogP) is 3.41. The first-order chi connectivity index (χ1) is 14.2. The molecular weight excluding hydrogens is 457 g/mol. The van der Waals surface area contributed by atoms with E-state index in [4.69, 9.17) is 4.74 Å². The first-order valence-corrected chi connectivity index (χ1v) is 12.9. The van der Waals surface area contributed by atoms with Crippen LogP contribution < -0.4 is 0 Å². The summed E-state index contributed by atoms with van der Waals surface area (Å²) in [5.74, 6) is 0. The topological polar surface area (TPSA) is 95.3 Å². The van der Waals surface area contributed by atoms with Crippen molar-refractivity contribution in [2.45, 2.75) is 60.2 Å². The van der Waals surface area contributed by atoms with Gasteiger partial charge in [0, 0.05) is 25.5 Å². The van der Waals surface area contributed by atoms with Crippen LogP contribution in [-0.4, -0.2) is 44.2 Å². The fourth-order valence-corrected chi connectivity index (χ4v) is 6.04. The van der Waals surface area contributed by atoms with Gasteiger partial charge in [-0.1, -0.05) is 6.07 Å². The Morgan fingerprint density at radius 2 is 1.90 bits per heavy atom. The second kappa shape index (κ2) is 7.89. The molecule has 0 amide bonds. The Morgan fingerprint density at radius 1 is 1.23 bits per heavy atom. The van der Waals surface area contributed by atoms with E-state index in [-0.39, 0.29) is 24.5 Å². The summed E-state index contributed by atoms with van der Waals surface area (Å²) in [6.45, 7) is 3.61. The summed E-state index contributed by atoms with van der Waals surface area (Å²) in [4.78, 5) is -0.411. The Balaban J connectivity index is 2.00. The molecule has 2 atom stereocenters. The number of sulfone groups is 2. The van der Waals surface area contributed by atoms with E-state index < -0.39 is 47.2 Å². The van der Waals surface area contributed by atoms with Crippen molar-refractivity contribution >= 4 is 19.7 Å². The molecule has 31 heavy (non-hydrogen) atoms. The molecule has 1 aliphatic rings. The van der Waals surface area contributed by atoms with E-state index in [0.717, 1.165) is 24.5 Å². The van der Waals surface area contributed by atoms with Gasteiger partial charge in [-0.3, -0.25) is 4.68 Å². The van der Waals surface area contributed by atoms with Crippen molar-refractivity contribution in [3.05, 3.63) is 41.6 Å². The summed E-state index contributed by atoms with van der Waals surface area (Å²) in [5, 5.41) is 3.90. The molecule has 0 radical (unpaired) electrons. The lowest BCUT2D eigenvalue weighted by Gasteiger charge is -2.37. The zero-order chi connectivity index (χ0) is 23.2. The molecule has 1 aromatic carbocycles. The van der Waals surface area contributed by atoms with Crippen LogP contribution in [0.25, 0.3) is 0 Å². The van der Waals surface area contributed by atoms with Crippen LogP contribution in [0.5, 0.6) is 0 Å². The van der Waals surface area contributed by atoms with Crippen LogP contribution in [0.1, 0.15) is 44.1 Å². The largest absolute Gasteiger partial charge is 0.416 e. The van der Waals surface area contributed by atoms with Crippen LogP contribution >= 0.6 is 0 Å². The van der Waals surface area contributed by atoms with E-state index in [9.17, 15) is 30.0 Å². The fraction of sp³-hybridized carbons (Fsp3) is 0.526. The maximum absolute atomic E-state index is 13.3. The minimum Gasteiger partial charge on any atom is -0.372 e. The second-order valence-electron chi connectivity index (χ2n) is 7.79. The first kappa shape index (κ1) is 23.7. The number of nitrogens with zero attached hydrogens (tertiary/aromatic N) is 2. The summed E-state index contributed by atoms with van der Waals surface area (Å²) >= 11 is 0. The van der Waals surface area contributed by atoms with Gasteiger partial charge in [-0.25, -0.2) is 16.8 Å². The number of rotatable bonds is 5. The summed E-state index contributed by atoms with van der Waals surface area (Å²) in [5.41, 5.74) is -0.629. The molecule has 1 fully saturated rings. The molecule has 172 valence electrons. The number of ether oxygens (including phenoxy) is 1. The SMILES string of the molecule is CCn1nc(S(C)(=O)=O)cc1C1CC(C)(S(=O)(=O)c2cccc(C(F)(F)F)c2)CCO1. The van der Waals surface area contributed by atoms with Gasteiger partial charge < -0.3 is 4.74 Å². The Labute approximate surface area is 179 Å². The highest BCUT2D eigenvalue weighted by molar-refractivity contribution is 7.92. The van der Waals surface area contributed by atoms with Crippen LogP contribution in [0.2, 0.25) is 0 Å². The summed E-state index contributed by atoms with van der Waals surface area (Å²) < 4.78 is 95.5. The Kier molecular flexibility index (Phi) is 6.04. The number of benzene rings is 1. The van der Waals surface area contributed by atoms with E-state index in [2.05, 4.69) is 5.10 Å². The fourth-order valence-electron chi connectivity index (χ4n) is 3.63. The quantitative estimate of drug-likeness (QED) is 0.651. The van der Waals surface area contributed by atoms with Crippen molar-refractivity contribution in [3.8, 4) is 0 Å². The maximum atomic E-state index is 13.3. The van der Waals surface area contributed by atoms with Gasteiger partial charge in [0.1, 0.15) is 6.10 Å². The van der Waals surface area contributed by atoms with Crippen molar-refractivity contribution in [2.75, 3.05) is 12.9 Å². The second-order valence-corrected chi connectivity index (χ2v) is 12.2. The molecule has 0 N–H and O–H groups in total. The number of halogens is 3. The molecule has 1 aromatic heterocycles. The Bertz CT molecular complexity index is 1190. The standard InChI is InChI=1S/C19H23F3N2O5S2/c1-4-24-15(11-17(23-24)30(3,25)26)16-12-18(2,8-9-29-16)31(27,28)14-7-5-6-13(10-14)19(20,21)22/h5-7,10-11,16H,4,8-9,12H2,1-3H3. The number of aryl methyl sites for hydroxylation is 1. The predicted molar refractivity (Wildman–Crippen MR) is 106 cm³/mol. The van der Waals surface area contributed by atoms with Gasteiger partial charge >= 0.3 is 6.18 Å². The number of alkyl halides is 3. The van der Waals surface area contributed by atoms with Crippen molar-refractivity contribution in [1.29, 1.82) is 0 Å². The zero-order valence-corrected chi connectivity index (χ0v) is 18.8. The van der Waals surface area contributed by atoms with Crippen molar-refractivity contribution in [2.24, 2.45) is 0 Å². The maximum Gasteiger partial charge on any atom is 0.416 e. The molecule has 3 rings (SSSR count). The van der Waals surface area contributed by atoms with Gasteiger partial charge in [0.15, 0.2) is 24.7 Å². The normalized spacial score (nSPS) is 23.1. The van der Waals surface area contributed by atoms with Crippen LogP contribution in [0.4, 0.5) is 13.2 Å². The third kappa shape index (κ3) is 4.51. The van der Waals surface area contributed by atoms with Gasteiger partial charge in [-0.15, -0.1) is 0 Å². The summed E-state index contributed by atoms with van der Waals surface area (Å²) in [6.07, 6.45) is -4.40. The molecule has 0 bridgehead atoms. The van der Waals surface area contributed by atoms with Gasteiger partial charge in [0.2, 0.25) is 0 Å². The van der Waals surface area contributed by atoms with Crippen molar-refractivity contribution < 1.29 is 34.7 Å². The Hall–Kier alpha value is -1.92. The zero-order valence-electron chi connectivity index (χ0n) is 17.2. The van der Waals surface area contributed by atoms with Crippen LogP contribution in [0.15, 0.2) is 40.3 Å². The van der Waals surface area contributed by atoms with Gasteiger partial charge in [-0.2, -0.15) is 18.3 Å². The van der Waals surface area contributed by atoms with E-state index in [0.29, 0.717) is 18.3 Å². The molecule has 1 aliphatic heterocycles. The van der Waals surface area contributed by atoms with E-state index >= 15 is 0 Å². The molecular formula is C19H23F3N2O5S2. The third-order valence-corrected chi connectivity index (χ3v) is 8.99. The average Bonchev–Trinajstić information content (AvgIpc) is 3.12. The lowest BCUT2D eigenvalue weighted by molar-refractivity contribution is -0.137. The summed E-state index contributed by atoms with van der Waals surface area (Å²) in [6, 6.07) is 5.04. The first-order valence-electron chi connectivity index (χ1n) is 9.50. The molecule has 0 saturated carbocycles. The van der Waals surface area contributed by atoms with Crippen LogP contribution in [-0.2, 0) is 37.1 Å². The number of hydrogen-bond acceptors (Lipinski definition) is 6. The minimum atomic E-state index is -4.67. The average molecular weight is 481 g/mol. The third-order valence-electron chi connectivity index (χ3n) is 5.49. The molecule has 7 nitrogen and oxygen atoms in total. The highest BCUT2D eigenvalue weighted by Gasteiger charge is 2.46. The van der Waals surface area contributed by atoms with E-state index in [1.807, 2.05) is 0 Å². The molecule has 0 spiro atoms. The molecule has 0 aliphatic carbocycles.